The second-order valence-corrected chi connectivity index (χ2v) is 5.82. The van der Waals surface area contributed by atoms with Gasteiger partial charge in [0, 0.05) is 31.1 Å². The molecule has 1 heterocycles. The molecule has 0 amide bonds. The van der Waals surface area contributed by atoms with Crippen LogP contribution in [0, 0.1) is 5.92 Å². The highest BCUT2D eigenvalue weighted by atomic mass is 35.5. The van der Waals surface area contributed by atoms with Crippen LogP contribution in [0.4, 0.5) is 0 Å². The smallest absolute Gasteiger partial charge is 0.167 e. The van der Waals surface area contributed by atoms with Crippen molar-refractivity contribution < 1.29 is 0 Å². The van der Waals surface area contributed by atoms with E-state index in [0.29, 0.717) is 5.92 Å². The highest BCUT2D eigenvalue weighted by Crippen LogP contribution is 2.54. The molecule has 0 N–H and O–H groups in total. The molecule has 13 heavy (non-hydrogen) atoms. The topological polar surface area (TPSA) is 17.8 Å². The normalized spacial score (nSPS) is 24.7. The van der Waals surface area contributed by atoms with Crippen LogP contribution >= 0.6 is 35.0 Å². The minimum absolute atomic E-state index is 0.428. The molecule has 1 aliphatic rings. The number of halogens is 2. The summed E-state index contributed by atoms with van der Waals surface area (Å²) in [4.78, 5) is 4.20. The molecule has 2 nitrogen and oxygen atoms in total. The molecule has 0 aromatic carbocycles. The fourth-order valence-electron chi connectivity index (χ4n) is 1.12. The Morgan fingerprint density at radius 3 is 2.92 bits per heavy atom. The van der Waals surface area contributed by atoms with E-state index in [0.717, 1.165) is 17.3 Å². The molecule has 2 rings (SSSR count). The Labute approximate surface area is 91.6 Å². The molecule has 1 aliphatic carbocycles. The highest BCUT2D eigenvalue weighted by Gasteiger charge is 2.51. The third kappa shape index (κ3) is 2.14. The van der Waals surface area contributed by atoms with E-state index in [9.17, 15) is 0 Å². The van der Waals surface area contributed by atoms with E-state index in [1.165, 1.54) is 0 Å². The van der Waals surface area contributed by atoms with Gasteiger partial charge >= 0.3 is 0 Å². The molecule has 1 aromatic heterocycles. The van der Waals surface area contributed by atoms with E-state index in [2.05, 4.69) is 4.98 Å². The largest absolute Gasteiger partial charge is 0.329 e. The van der Waals surface area contributed by atoms with E-state index < -0.39 is 4.33 Å². The molecule has 0 aliphatic heterocycles. The van der Waals surface area contributed by atoms with Gasteiger partial charge in [-0.2, -0.15) is 0 Å². The van der Waals surface area contributed by atoms with Crippen LogP contribution in [-0.2, 0) is 7.05 Å². The molecule has 5 heteroatoms. The quantitative estimate of drug-likeness (QED) is 0.594. The predicted molar refractivity (Wildman–Crippen MR) is 56.5 cm³/mol. The summed E-state index contributed by atoms with van der Waals surface area (Å²) in [6.07, 6.45) is 4.64. The van der Waals surface area contributed by atoms with Gasteiger partial charge in [-0.1, -0.05) is 11.8 Å². The zero-order valence-corrected chi connectivity index (χ0v) is 9.53. The Balaban J connectivity index is 1.85. The maximum atomic E-state index is 5.91. The molecule has 0 radical (unpaired) electrons. The minimum atomic E-state index is -0.460. The van der Waals surface area contributed by atoms with Gasteiger partial charge in [0.1, 0.15) is 4.33 Å². The van der Waals surface area contributed by atoms with Gasteiger partial charge < -0.3 is 4.57 Å². The summed E-state index contributed by atoms with van der Waals surface area (Å²) in [6, 6.07) is 0. The fraction of sp³-hybridized carbons (Fsp3) is 0.625. The van der Waals surface area contributed by atoms with Gasteiger partial charge in [0.2, 0.25) is 0 Å². The number of imidazole rings is 1. The second kappa shape index (κ2) is 3.37. The Hall–Kier alpha value is 0.140. The van der Waals surface area contributed by atoms with Gasteiger partial charge in [-0.15, -0.1) is 23.2 Å². The first-order valence-electron chi connectivity index (χ1n) is 4.07. The average molecular weight is 237 g/mol. The van der Waals surface area contributed by atoms with Crippen molar-refractivity contribution in [3.63, 3.8) is 0 Å². The van der Waals surface area contributed by atoms with Crippen LogP contribution in [0.15, 0.2) is 17.6 Å². The lowest BCUT2D eigenvalue weighted by Gasteiger charge is -2.00. The van der Waals surface area contributed by atoms with Crippen molar-refractivity contribution in [3.8, 4) is 0 Å². The molecule has 1 aromatic rings. The number of thioether (sulfide) groups is 1. The van der Waals surface area contributed by atoms with Gasteiger partial charge in [-0.25, -0.2) is 4.98 Å². The van der Waals surface area contributed by atoms with Crippen molar-refractivity contribution >= 4 is 35.0 Å². The van der Waals surface area contributed by atoms with Gasteiger partial charge in [0.05, 0.1) is 0 Å². The number of hydrogen-bond acceptors (Lipinski definition) is 2. The van der Waals surface area contributed by atoms with E-state index >= 15 is 0 Å². The number of aromatic nitrogens is 2. The first kappa shape index (κ1) is 9.69. The predicted octanol–water partition coefficient (Wildman–Crippen LogP) is 2.71. The lowest BCUT2D eigenvalue weighted by atomic mass is 10.5. The van der Waals surface area contributed by atoms with Crippen molar-refractivity contribution in [2.75, 3.05) is 5.75 Å². The zero-order chi connectivity index (χ0) is 9.47. The Kier molecular flexibility index (Phi) is 2.51. The van der Waals surface area contributed by atoms with Gasteiger partial charge in [0.15, 0.2) is 5.16 Å². The third-order valence-electron chi connectivity index (χ3n) is 2.15. The number of aryl methyl sites for hydroxylation is 1. The molecule has 1 fully saturated rings. The van der Waals surface area contributed by atoms with Crippen LogP contribution in [-0.4, -0.2) is 19.6 Å². The van der Waals surface area contributed by atoms with Crippen molar-refractivity contribution in [2.24, 2.45) is 13.0 Å². The molecular weight excluding hydrogens is 227 g/mol. The van der Waals surface area contributed by atoms with Crippen molar-refractivity contribution in [1.29, 1.82) is 0 Å². The lowest BCUT2D eigenvalue weighted by Crippen LogP contribution is -1.95. The molecule has 1 saturated carbocycles. The monoisotopic (exact) mass is 236 g/mol. The summed E-state index contributed by atoms with van der Waals surface area (Å²) in [7, 11) is 1.98. The number of alkyl halides is 2. The first-order valence-corrected chi connectivity index (χ1v) is 5.82. The third-order valence-corrected chi connectivity index (χ3v) is 4.29. The number of nitrogens with zero attached hydrogens (tertiary/aromatic N) is 2. The second-order valence-electron chi connectivity index (χ2n) is 3.29. The fourth-order valence-corrected chi connectivity index (χ4v) is 2.98. The summed E-state index contributed by atoms with van der Waals surface area (Å²) in [6.45, 7) is 0. The van der Waals surface area contributed by atoms with E-state index in [-0.39, 0.29) is 0 Å². The van der Waals surface area contributed by atoms with Gasteiger partial charge in [0.25, 0.3) is 0 Å². The van der Waals surface area contributed by atoms with E-state index in [1.807, 2.05) is 17.8 Å². The summed E-state index contributed by atoms with van der Waals surface area (Å²) in [5.74, 6) is 1.38. The van der Waals surface area contributed by atoms with E-state index in [4.69, 9.17) is 23.2 Å². The first-order chi connectivity index (χ1) is 6.09. The number of hydrogen-bond donors (Lipinski definition) is 0. The zero-order valence-electron chi connectivity index (χ0n) is 7.20. The summed E-state index contributed by atoms with van der Waals surface area (Å²) in [5.41, 5.74) is 0. The molecular formula is C8H10Cl2N2S. The summed E-state index contributed by atoms with van der Waals surface area (Å²) < 4.78 is 1.54. The lowest BCUT2D eigenvalue weighted by molar-refractivity contribution is 0.787. The minimum Gasteiger partial charge on any atom is -0.329 e. The van der Waals surface area contributed by atoms with Crippen LogP contribution in [0.25, 0.3) is 0 Å². The SMILES string of the molecule is Cn1ccnc1SCC1CC1(Cl)Cl. The summed E-state index contributed by atoms with van der Waals surface area (Å²) >= 11 is 13.5. The standard InChI is InChI=1S/C8H10Cl2N2S/c1-12-3-2-11-7(12)13-5-6-4-8(6,9)10/h2-3,6H,4-5H2,1H3. The Morgan fingerprint density at radius 1 is 1.77 bits per heavy atom. The molecule has 1 atom stereocenters. The molecule has 1 unspecified atom stereocenters. The summed E-state index contributed by atoms with van der Waals surface area (Å²) in [5, 5.41) is 1.02. The van der Waals surface area contributed by atoms with Crippen molar-refractivity contribution in [3.05, 3.63) is 12.4 Å². The Morgan fingerprint density at radius 2 is 2.46 bits per heavy atom. The van der Waals surface area contributed by atoms with Crippen LogP contribution in [0.1, 0.15) is 6.42 Å². The number of rotatable bonds is 3. The highest BCUT2D eigenvalue weighted by molar-refractivity contribution is 7.99. The average Bonchev–Trinajstić information content (AvgIpc) is 2.47. The maximum Gasteiger partial charge on any atom is 0.167 e. The van der Waals surface area contributed by atoms with Crippen LogP contribution in [0.5, 0.6) is 0 Å². The molecule has 72 valence electrons. The molecule has 0 bridgehead atoms. The van der Waals surface area contributed by atoms with Crippen LogP contribution in [0.3, 0.4) is 0 Å². The molecule has 0 saturated heterocycles. The van der Waals surface area contributed by atoms with Crippen LogP contribution in [0.2, 0.25) is 0 Å². The van der Waals surface area contributed by atoms with Gasteiger partial charge in [-0.05, 0) is 6.42 Å². The van der Waals surface area contributed by atoms with Gasteiger partial charge in [-0.3, -0.25) is 0 Å². The van der Waals surface area contributed by atoms with Crippen LogP contribution < -0.4 is 0 Å². The van der Waals surface area contributed by atoms with Crippen molar-refractivity contribution in [2.45, 2.75) is 15.9 Å². The maximum absolute atomic E-state index is 5.91. The van der Waals surface area contributed by atoms with Crippen molar-refractivity contribution in [1.82, 2.24) is 9.55 Å². The molecule has 0 spiro atoms. The van der Waals surface area contributed by atoms with E-state index in [1.54, 1.807) is 18.0 Å². The Bertz CT molecular complexity index is 311.